The Morgan fingerprint density at radius 2 is 2.10 bits per heavy atom. The summed E-state index contributed by atoms with van der Waals surface area (Å²) in [6.45, 7) is 4.25. The van der Waals surface area contributed by atoms with Crippen LogP contribution < -0.4 is 11.3 Å². The van der Waals surface area contributed by atoms with Crippen molar-refractivity contribution in [3.8, 4) is 0 Å². The molecule has 21 heavy (non-hydrogen) atoms. The Morgan fingerprint density at radius 1 is 1.24 bits per heavy atom. The highest BCUT2D eigenvalue weighted by atomic mass is 15.3. The van der Waals surface area contributed by atoms with Crippen LogP contribution in [0.3, 0.4) is 0 Å². The lowest BCUT2D eigenvalue weighted by Gasteiger charge is -2.15. The van der Waals surface area contributed by atoms with Crippen molar-refractivity contribution in [3.05, 3.63) is 65.2 Å². The Morgan fingerprint density at radius 3 is 2.86 bits per heavy atom. The Labute approximate surface area is 123 Å². The number of nitrogens with zero attached hydrogens (tertiary/aromatic N) is 3. The molecule has 0 radical (unpaired) electrons. The van der Waals surface area contributed by atoms with Gasteiger partial charge in [-0.25, -0.2) is 4.52 Å². The highest BCUT2D eigenvalue weighted by Crippen LogP contribution is 2.22. The van der Waals surface area contributed by atoms with Gasteiger partial charge in [0, 0.05) is 18.0 Å². The molecule has 2 aromatic heterocycles. The van der Waals surface area contributed by atoms with Gasteiger partial charge in [0.25, 0.3) is 0 Å². The van der Waals surface area contributed by atoms with E-state index in [2.05, 4.69) is 47.6 Å². The molecule has 5 nitrogen and oxygen atoms in total. The van der Waals surface area contributed by atoms with Gasteiger partial charge < -0.3 is 0 Å². The summed E-state index contributed by atoms with van der Waals surface area (Å²) >= 11 is 0. The molecule has 0 aliphatic rings. The standard InChI is InChI=1S/C16H19N5/c1-11-3-4-13(7-12(11)2)8-15(20-17)14-9-19-21-6-5-18-10-16(14)21/h3-7,9-10,15,20H,8,17H2,1-2H3. The van der Waals surface area contributed by atoms with Crippen LogP contribution in [-0.2, 0) is 6.42 Å². The molecule has 1 atom stereocenters. The maximum atomic E-state index is 5.76. The van der Waals surface area contributed by atoms with Gasteiger partial charge in [-0.3, -0.25) is 16.3 Å². The third-order valence-corrected chi connectivity index (χ3v) is 3.94. The van der Waals surface area contributed by atoms with E-state index in [1.54, 1.807) is 6.20 Å². The molecule has 0 bridgehead atoms. The van der Waals surface area contributed by atoms with E-state index in [4.69, 9.17) is 5.84 Å². The van der Waals surface area contributed by atoms with Crippen molar-refractivity contribution in [2.75, 3.05) is 0 Å². The van der Waals surface area contributed by atoms with Crippen molar-refractivity contribution < 1.29 is 0 Å². The number of rotatable bonds is 4. The van der Waals surface area contributed by atoms with Crippen molar-refractivity contribution >= 4 is 5.52 Å². The third-order valence-electron chi connectivity index (χ3n) is 3.94. The molecule has 0 fully saturated rings. The summed E-state index contributed by atoms with van der Waals surface area (Å²) in [5.74, 6) is 5.76. The van der Waals surface area contributed by atoms with E-state index in [1.807, 2.05) is 23.1 Å². The normalized spacial score (nSPS) is 12.7. The van der Waals surface area contributed by atoms with Gasteiger partial charge in [-0.15, -0.1) is 0 Å². The van der Waals surface area contributed by atoms with Crippen LogP contribution in [0.15, 0.2) is 43.0 Å². The maximum Gasteiger partial charge on any atom is 0.0893 e. The summed E-state index contributed by atoms with van der Waals surface area (Å²) in [6, 6.07) is 6.52. The average Bonchev–Trinajstić information content (AvgIpc) is 2.92. The second-order valence-corrected chi connectivity index (χ2v) is 5.35. The summed E-state index contributed by atoms with van der Waals surface area (Å²) in [5.41, 5.74) is 8.79. The van der Waals surface area contributed by atoms with Crippen LogP contribution >= 0.6 is 0 Å². The molecule has 2 heterocycles. The number of nitrogens with one attached hydrogen (secondary N) is 1. The molecule has 108 valence electrons. The van der Waals surface area contributed by atoms with Gasteiger partial charge in [0.2, 0.25) is 0 Å². The fourth-order valence-corrected chi connectivity index (χ4v) is 2.55. The summed E-state index contributed by atoms with van der Waals surface area (Å²) in [5, 5.41) is 4.34. The quantitative estimate of drug-likeness (QED) is 0.567. The van der Waals surface area contributed by atoms with E-state index < -0.39 is 0 Å². The number of nitrogens with two attached hydrogens (primary N) is 1. The first-order valence-electron chi connectivity index (χ1n) is 6.98. The van der Waals surface area contributed by atoms with E-state index in [1.165, 1.54) is 16.7 Å². The molecule has 5 heteroatoms. The fraction of sp³-hybridized carbons (Fsp3) is 0.250. The van der Waals surface area contributed by atoms with Crippen molar-refractivity contribution in [3.63, 3.8) is 0 Å². The van der Waals surface area contributed by atoms with Crippen LogP contribution in [0.4, 0.5) is 0 Å². The van der Waals surface area contributed by atoms with Gasteiger partial charge >= 0.3 is 0 Å². The molecule has 3 aromatic rings. The van der Waals surface area contributed by atoms with Crippen molar-refractivity contribution in [2.45, 2.75) is 26.3 Å². The van der Waals surface area contributed by atoms with Crippen LogP contribution in [0.25, 0.3) is 5.52 Å². The molecule has 0 aliphatic heterocycles. The minimum Gasteiger partial charge on any atom is -0.271 e. The molecule has 1 unspecified atom stereocenters. The molecule has 0 saturated heterocycles. The lowest BCUT2D eigenvalue weighted by molar-refractivity contribution is 0.555. The lowest BCUT2D eigenvalue weighted by atomic mass is 9.98. The second-order valence-electron chi connectivity index (χ2n) is 5.35. The number of hydrazine groups is 1. The van der Waals surface area contributed by atoms with Gasteiger partial charge in [-0.1, -0.05) is 18.2 Å². The van der Waals surface area contributed by atoms with Gasteiger partial charge in [0.15, 0.2) is 0 Å². The number of fused-ring (bicyclic) bond motifs is 1. The average molecular weight is 281 g/mol. The molecule has 1 aromatic carbocycles. The smallest absolute Gasteiger partial charge is 0.0893 e. The molecule has 0 amide bonds. The molecular weight excluding hydrogens is 262 g/mol. The second kappa shape index (κ2) is 5.63. The maximum absolute atomic E-state index is 5.76. The predicted octanol–water partition coefficient (Wildman–Crippen LogP) is 2.09. The highest BCUT2D eigenvalue weighted by molar-refractivity contribution is 5.53. The van der Waals surface area contributed by atoms with Gasteiger partial charge in [-0.2, -0.15) is 5.10 Å². The molecule has 3 N–H and O–H groups in total. The number of aryl methyl sites for hydroxylation is 2. The van der Waals surface area contributed by atoms with Crippen molar-refractivity contribution in [1.82, 2.24) is 20.0 Å². The predicted molar refractivity (Wildman–Crippen MR) is 82.7 cm³/mol. The summed E-state index contributed by atoms with van der Waals surface area (Å²) < 4.78 is 1.81. The minimum absolute atomic E-state index is 0.00815. The van der Waals surface area contributed by atoms with E-state index in [0.29, 0.717) is 0 Å². The van der Waals surface area contributed by atoms with Crippen LogP contribution in [0, 0.1) is 13.8 Å². The van der Waals surface area contributed by atoms with Gasteiger partial charge in [0.05, 0.1) is 24.0 Å². The monoisotopic (exact) mass is 281 g/mol. The largest absolute Gasteiger partial charge is 0.271 e. The van der Waals surface area contributed by atoms with Crippen LogP contribution in [0.1, 0.15) is 28.3 Å². The molecule has 0 saturated carbocycles. The Balaban J connectivity index is 1.93. The van der Waals surface area contributed by atoms with E-state index in [9.17, 15) is 0 Å². The molecule has 0 spiro atoms. The molecular formula is C16H19N5. The van der Waals surface area contributed by atoms with Crippen LogP contribution in [-0.4, -0.2) is 14.6 Å². The summed E-state index contributed by atoms with van der Waals surface area (Å²) in [6.07, 6.45) is 8.03. The number of hydrogen-bond donors (Lipinski definition) is 2. The zero-order valence-corrected chi connectivity index (χ0v) is 12.2. The third kappa shape index (κ3) is 2.66. The number of hydrogen-bond acceptors (Lipinski definition) is 4. The Hall–Kier alpha value is -2.24. The van der Waals surface area contributed by atoms with Crippen molar-refractivity contribution in [1.29, 1.82) is 0 Å². The van der Waals surface area contributed by atoms with Gasteiger partial charge in [0.1, 0.15) is 0 Å². The topological polar surface area (TPSA) is 68.2 Å². The van der Waals surface area contributed by atoms with E-state index in [-0.39, 0.29) is 6.04 Å². The number of aromatic nitrogens is 3. The van der Waals surface area contributed by atoms with E-state index in [0.717, 1.165) is 17.5 Å². The van der Waals surface area contributed by atoms with Crippen LogP contribution in [0.5, 0.6) is 0 Å². The fourth-order valence-electron chi connectivity index (χ4n) is 2.55. The number of benzene rings is 1. The SMILES string of the molecule is Cc1ccc(CC(NN)c2cnn3ccncc23)cc1C. The Bertz CT molecular complexity index is 762. The summed E-state index contributed by atoms with van der Waals surface area (Å²) in [7, 11) is 0. The summed E-state index contributed by atoms with van der Waals surface area (Å²) in [4.78, 5) is 4.17. The first-order chi connectivity index (χ1) is 10.2. The first kappa shape index (κ1) is 13.7. The zero-order chi connectivity index (χ0) is 14.8. The molecule has 0 aliphatic carbocycles. The zero-order valence-electron chi connectivity index (χ0n) is 12.2. The highest BCUT2D eigenvalue weighted by Gasteiger charge is 2.16. The Kier molecular flexibility index (Phi) is 3.68. The molecule has 3 rings (SSSR count). The lowest BCUT2D eigenvalue weighted by Crippen LogP contribution is -2.29. The van der Waals surface area contributed by atoms with Crippen molar-refractivity contribution in [2.24, 2.45) is 5.84 Å². The first-order valence-corrected chi connectivity index (χ1v) is 6.98. The minimum atomic E-state index is 0.00815. The van der Waals surface area contributed by atoms with E-state index >= 15 is 0 Å². The van der Waals surface area contributed by atoms with Gasteiger partial charge in [-0.05, 0) is 37.0 Å². The van der Waals surface area contributed by atoms with Crippen LogP contribution in [0.2, 0.25) is 0 Å².